The topological polar surface area (TPSA) is 102 Å². The van der Waals surface area contributed by atoms with E-state index in [1.54, 1.807) is 0 Å². The van der Waals surface area contributed by atoms with Crippen LogP contribution in [0.25, 0.3) is 0 Å². The lowest BCUT2D eigenvalue weighted by Gasteiger charge is -1.82. The van der Waals surface area contributed by atoms with Crippen LogP contribution in [0.3, 0.4) is 0 Å². The maximum Gasteiger partial charge on any atom is 0.375 e. The summed E-state index contributed by atoms with van der Waals surface area (Å²) >= 11 is 0. The Morgan fingerprint density at radius 3 is 2.56 bits per heavy atom. The summed E-state index contributed by atoms with van der Waals surface area (Å²) in [5.41, 5.74) is 8.10. The lowest BCUT2D eigenvalue weighted by Crippen LogP contribution is -2.18. The molecule has 1 radical (unpaired) electrons. The van der Waals surface area contributed by atoms with Gasteiger partial charge in [0.15, 0.2) is 0 Å². The monoisotopic (exact) mass is 127 g/mol. The number of hydrogen-bond acceptors (Lipinski definition) is 4. The van der Waals surface area contributed by atoms with E-state index in [2.05, 4.69) is 15.5 Å². The van der Waals surface area contributed by atoms with Crippen molar-refractivity contribution in [1.29, 1.82) is 0 Å². The molecule has 1 rings (SSSR count). The molecule has 0 amide bonds. The summed E-state index contributed by atoms with van der Waals surface area (Å²) < 4.78 is 0. The highest BCUT2D eigenvalue weighted by Gasteiger charge is 2.15. The van der Waals surface area contributed by atoms with Crippen LogP contribution >= 0.6 is 0 Å². The molecular weight excluding hydrogens is 124 g/mol. The largest absolute Gasteiger partial charge is 0.475 e. The van der Waals surface area contributed by atoms with Crippen LogP contribution in [0.1, 0.15) is 0 Å². The van der Waals surface area contributed by atoms with E-state index >= 15 is 0 Å². The van der Waals surface area contributed by atoms with Crippen LogP contribution in [-0.2, 0) is 4.79 Å². The standard InChI is InChI=1S/C3H3N4O2/c4-3-5-1(2(8)9)6-7-3/h(H2,4,7)(H,8,9). The molecule has 0 aromatic rings. The summed E-state index contributed by atoms with van der Waals surface area (Å²) in [6.07, 6.45) is 0. The first-order valence-corrected chi connectivity index (χ1v) is 2.06. The number of aliphatic imine (C=N–C) groups is 1. The normalized spacial score (nSPS) is 16.0. The van der Waals surface area contributed by atoms with Crippen LogP contribution in [0.5, 0.6) is 0 Å². The predicted molar refractivity (Wildman–Crippen MR) is 28.8 cm³/mol. The van der Waals surface area contributed by atoms with Gasteiger partial charge in [0.2, 0.25) is 5.96 Å². The van der Waals surface area contributed by atoms with Crippen LogP contribution in [0.4, 0.5) is 0 Å². The zero-order valence-corrected chi connectivity index (χ0v) is 4.27. The molecule has 0 saturated carbocycles. The molecule has 6 nitrogen and oxygen atoms in total. The van der Waals surface area contributed by atoms with Crippen molar-refractivity contribution >= 4 is 17.8 Å². The first kappa shape index (κ1) is 5.54. The second kappa shape index (κ2) is 1.73. The van der Waals surface area contributed by atoms with Gasteiger partial charge in [-0.2, -0.15) is 4.99 Å². The number of amidine groups is 1. The molecule has 0 bridgehead atoms. The molecule has 9 heavy (non-hydrogen) atoms. The van der Waals surface area contributed by atoms with E-state index in [0.717, 1.165) is 0 Å². The molecule has 0 aromatic heterocycles. The number of carbonyl (C=O) groups is 1. The SMILES string of the molecule is NC1=N[N]C(C(=O)O)=N1. The van der Waals surface area contributed by atoms with Gasteiger partial charge in [0, 0.05) is 0 Å². The van der Waals surface area contributed by atoms with Crippen LogP contribution in [-0.4, -0.2) is 22.9 Å². The summed E-state index contributed by atoms with van der Waals surface area (Å²) in [5, 5.41) is 11.4. The molecule has 1 aliphatic rings. The van der Waals surface area contributed by atoms with Crippen molar-refractivity contribution in [2.24, 2.45) is 15.8 Å². The van der Waals surface area contributed by atoms with E-state index in [4.69, 9.17) is 10.8 Å². The molecule has 0 saturated heterocycles. The fourth-order valence-electron chi connectivity index (χ4n) is 0.342. The Labute approximate surface area is 50.1 Å². The predicted octanol–water partition coefficient (Wildman–Crippen LogP) is -1.68. The third-order valence-electron chi connectivity index (χ3n) is 0.659. The van der Waals surface area contributed by atoms with E-state index < -0.39 is 5.97 Å². The Morgan fingerprint density at radius 2 is 2.33 bits per heavy atom. The molecule has 1 heterocycles. The van der Waals surface area contributed by atoms with Gasteiger partial charge in [-0.25, -0.2) is 4.79 Å². The van der Waals surface area contributed by atoms with Crippen molar-refractivity contribution in [1.82, 2.24) is 5.43 Å². The second-order valence-corrected chi connectivity index (χ2v) is 1.30. The number of carboxylic acids is 1. The van der Waals surface area contributed by atoms with E-state index in [-0.39, 0.29) is 11.8 Å². The molecule has 0 unspecified atom stereocenters. The maximum atomic E-state index is 9.99. The smallest absolute Gasteiger partial charge is 0.375 e. The van der Waals surface area contributed by atoms with Crippen molar-refractivity contribution in [2.45, 2.75) is 0 Å². The van der Waals surface area contributed by atoms with Gasteiger partial charge in [0.25, 0.3) is 5.84 Å². The number of nitrogens with zero attached hydrogens (tertiary/aromatic N) is 3. The van der Waals surface area contributed by atoms with Crippen molar-refractivity contribution in [3.8, 4) is 0 Å². The summed E-state index contributed by atoms with van der Waals surface area (Å²) in [4.78, 5) is 13.3. The molecule has 3 N–H and O–H groups in total. The lowest BCUT2D eigenvalue weighted by atomic mass is 10.6. The zero-order valence-electron chi connectivity index (χ0n) is 4.27. The number of hydrogen-bond donors (Lipinski definition) is 2. The molecule has 0 aromatic carbocycles. The molecule has 6 heteroatoms. The van der Waals surface area contributed by atoms with Gasteiger partial charge >= 0.3 is 5.97 Å². The van der Waals surface area contributed by atoms with Crippen molar-refractivity contribution < 1.29 is 9.90 Å². The van der Waals surface area contributed by atoms with Crippen LogP contribution in [0.15, 0.2) is 10.1 Å². The minimum absolute atomic E-state index is 0.118. The summed E-state index contributed by atoms with van der Waals surface area (Å²) in [7, 11) is 0. The highest BCUT2D eigenvalue weighted by Crippen LogP contribution is 1.86. The molecule has 1 aliphatic heterocycles. The van der Waals surface area contributed by atoms with Crippen LogP contribution in [0.2, 0.25) is 0 Å². The first-order chi connectivity index (χ1) is 4.20. The molecule has 0 aliphatic carbocycles. The van der Waals surface area contributed by atoms with Gasteiger partial charge in [0.1, 0.15) is 0 Å². The highest BCUT2D eigenvalue weighted by molar-refractivity contribution is 6.37. The summed E-state index contributed by atoms with van der Waals surface area (Å²) in [6.45, 7) is 0. The van der Waals surface area contributed by atoms with Crippen LogP contribution in [0, 0.1) is 0 Å². The number of nitrogens with two attached hydrogens (primary N) is 1. The molecule has 47 valence electrons. The Kier molecular flexibility index (Phi) is 1.07. The Balaban J connectivity index is 2.71. The number of rotatable bonds is 1. The molecule has 0 spiro atoms. The third kappa shape index (κ3) is 0.958. The zero-order chi connectivity index (χ0) is 6.85. The average Bonchev–Trinajstić information content (AvgIpc) is 2.14. The van der Waals surface area contributed by atoms with Gasteiger partial charge in [-0.3, -0.25) is 0 Å². The Hall–Kier alpha value is -1.59. The minimum atomic E-state index is -1.22. The first-order valence-electron chi connectivity index (χ1n) is 2.06. The number of aliphatic carboxylic acids is 1. The fraction of sp³-hybridized carbons (Fsp3) is 0. The van der Waals surface area contributed by atoms with Crippen molar-refractivity contribution in [2.75, 3.05) is 0 Å². The Morgan fingerprint density at radius 1 is 1.67 bits per heavy atom. The maximum absolute atomic E-state index is 9.99. The average molecular weight is 127 g/mol. The van der Waals surface area contributed by atoms with Crippen molar-refractivity contribution in [3.63, 3.8) is 0 Å². The van der Waals surface area contributed by atoms with Crippen LogP contribution < -0.4 is 11.2 Å². The minimum Gasteiger partial charge on any atom is -0.475 e. The number of carboxylic acid groups (broad SMARTS) is 1. The van der Waals surface area contributed by atoms with Gasteiger partial charge < -0.3 is 10.8 Å². The van der Waals surface area contributed by atoms with Gasteiger partial charge in [-0.1, -0.05) is 0 Å². The molecule has 0 fully saturated rings. The van der Waals surface area contributed by atoms with E-state index in [0.29, 0.717) is 0 Å². The quantitative estimate of drug-likeness (QED) is 0.439. The van der Waals surface area contributed by atoms with E-state index in [1.165, 1.54) is 0 Å². The Bertz CT molecular complexity index is 206. The van der Waals surface area contributed by atoms with Gasteiger partial charge in [0.05, 0.1) is 0 Å². The van der Waals surface area contributed by atoms with Gasteiger partial charge in [-0.15, -0.1) is 10.5 Å². The fourth-order valence-corrected chi connectivity index (χ4v) is 0.342. The van der Waals surface area contributed by atoms with Gasteiger partial charge in [-0.05, 0) is 0 Å². The molecule has 0 atom stereocenters. The van der Waals surface area contributed by atoms with E-state index in [9.17, 15) is 4.79 Å². The van der Waals surface area contributed by atoms with Crippen molar-refractivity contribution in [3.05, 3.63) is 0 Å². The summed E-state index contributed by atoms with van der Waals surface area (Å²) in [6, 6.07) is 0. The second-order valence-electron chi connectivity index (χ2n) is 1.30. The third-order valence-corrected chi connectivity index (χ3v) is 0.659. The number of guanidine groups is 1. The summed E-state index contributed by atoms with van der Waals surface area (Å²) in [5.74, 6) is -1.71. The molecular formula is C3H3N4O2. The van der Waals surface area contributed by atoms with E-state index in [1.807, 2.05) is 0 Å². The highest BCUT2D eigenvalue weighted by atomic mass is 16.4. The lowest BCUT2D eigenvalue weighted by molar-refractivity contribution is -0.129.